The van der Waals surface area contributed by atoms with Gasteiger partial charge in [-0.1, -0.05) is 11.3 Å². The maximum absolute atomic E-state index is 12.8. The minimum atomic E-state index is -0.626. The molecule has 0 spiro atoms. The van der Waals surface area contributed by atoms with Crippen LogP contribution in [-0.4, -0.2) is 41.9 Å². The molecule has 0 saturated carbocycles. The van der Waals surface area contributed by atoms with Crippen molar-refractivity contribution in [3.05, 3.63) is 47.2 Å². The molecule has 0 bridgehead atoms. The van der Waals surface area contributed by atoms with E-state index in [2.05, 4.69) is 25.1 Å². The van der Waals surface area contributed by atoms with Crippen molar-refractivity contribution in [3.63, 3.8) is 0 Å². The topological polar surface area (TPSA) is 79.8 Å². The monoisotopic (exact) mass is 548 g/mol. The van der Waals surface area contributed by atoms with E-state index in [4.69, 9.17) is 28.9 Å². The first-order chi connectivity index (χ1) is 18.4. The number of carbonyl (C=O) groups excluding carboxylic acids is 1. The summed E-state index contributed by atoms with van der Waals surface area (Å²) in [5.74, 6) is 0.571. The van der Waals surface area contributed by atoms with Crippen molar-refractivity contribution in [2.75, 3.05) is 20.3 Å². The number of benzene rings is 2. The average molecular weight is 549 g/mol. The number of methoxy groups -OCH3 is 1. The van der Waals surface area contributed by atoms with Crippen LogP contribution in [0.4, 0.5) is 0 Å². The predicted octanol–water partition coefficient (Wildman–Crippen LogP) is 7.21. The molecule has 0 aliphatic carbocycles. The van der Waals surface area contributed by atoms with E-state index in [1.54, 1.807) is 7.11 Å². The predicted molar refractivity (Wildman–Crippen MR) is 155 cm³/mol. The van der Waals surface area contributed by atoms with E-state index in [1.807, 2.05) is 53.8 Å². The first-order valence-corrected chi connectivity index (χ1v) is 14.1. The Labute approximate surface area is 233 Å². The molecular weight excluding hydrogens is 512 g/mol. The summed E-state index contributed by atoms with van der Waals surface area (Å²) >= 11 is 1.49. The lowest BCUT2D eigenvalue weighted by atomic mass is 9.89. The van der Waals surface area contributed by atoms with Crippen LogP contribution in [0, 0.1) is 12.3 Å². The molecule has 1 aliphatic heterocycles. The number of nitrogens with zero attached hydrogens (tertiary/aromatic N) is 2. The third kappa shape index (κ3) is 5.32. The lowest BCUT2D eigenvalue weighted by Gasteiger charge is -2.31. The van der Waals surface area contributed by atoms with Crippen LogP contribution in [0.3, 0.4) is 0 Å². The largest absolute Gasteiger partial charge is 0.493 e. The fraction of sp³-hybridized carbons (Fsp3) is 0.452. The molecule has 8 heteroatoms. The van der Waals surface area contributed by atoms with Gasteiger partial charge in [-0.25, -0.2) is 4.98 Å². The molecule has 1 aliphatic rings. The first-order valence-electron chi connectivity index (χ1n) is 13.2. The van der Waals surface area contributed by atoms with Crippen molar-refractivity contribution < 1.29 is 23.7 Å². The quantitative estimate of drug-likeness (QED) is 0.236. The number of hydrogen-bond acceptors (Lipinski definition) is 8. The summed E-state index contributed by atoms with van der Waals surface area (Å²) in [5.41, 5.74) is 5.67. The fourth-order valence-corrected chi connectivity index (χ4v) is 5.97. The summed E-state index contributed by atoms with van der Waals surface area (Å²) in [6.45, 7) is 14.4. The van der Waals surface area contributed by atoms with Gasteiger partial charge in [-0.2, -0.15) is 0 Å². The Bertz CT molecular complexity index is 1550. The second-order valence-corrected chi connectivity index (χ2v) is 12.9. The molecule has 0 N–H and O–H groups in total. The number of thiazole rings is 1. The van der Waals surface area contributed by atoms with Crippen LogP contribution < -0.4 is 9.47 Å². The molecule has 0 fully saturated rings. The molecule has 5 rings (SSSR count). The van der Waals surface area contributed by atoms with Crippen molar-refractivity contribution in [3.8, 4) is 22.1 Å². The average Bonchev–Trinajstić information content (AvgIpc) is 3.28. The Morgan fingerprint density at radius 3 is 2.62 bits per heavy atom. The van der Waals surface area contributed by atoms with Crippen LogP contribution in [0.5, 0.6) is 10.9 Å². The lowest BCUT2D eigenvalue weighted by Crippen LogP contribution is -2.30. The van der Waals surface area contributed by atoms with Gasteiger partial charge in [0.15, 0.2) is 0 Å². The number of esters is 1. The molecule has 7 nitrogen and oxygen atoms in total. The molecule has 2 aromatic heterocycles. The zero-order chi connectivity index (χ0) is 28.1. The Kier molecular flexibility index (Phi) is 7.06. The molecule has 206 valence electrons. The van der Waals surface area contributed by atoms with Crippen molar-refractivity contribution >= 4 is 38.4 Å². The van der Waals surface area contributed by atoms with E-state index in [9.17, 15) is 4.79 Å². The summed E-state index contributed by atoms with van der Waals surface area (Å²) < 4.78 is 25.0. The van der Waals surface area contributed by atoms with Crippen LogP contribution in [0.1, 0.15) is 64.3 Å². The second kappa shape index (κ2) is 10.1. The van der Waals surface area contributed by atoms with Crippen molar-refractivity contribution in [1.82, 2.24) is 9.97 Å². The normalized spacial score (nSPS) is 14.4. The zero-order valence-corrected chi connectivity index (χ0v) is 24.7. The number of carbonyl (C=O) groups is 1. The highest BCUT2D eigenvalue weighted by atomic mass is 32.1. The smallest absolute Gasteiger partial charge is 0.311 e. The molecule has 39 heavy (non-hydrogen) atoms. The molecule has 1 atom stereocenters. The number of pyridine rings is 1. The van der Waals surface area contributed by atoms with Gasteiger partial charge in [0.2, 0.25) is 0 Å². The van der Waals surface area contributed by atoms with E-state index >= 15 is 0 Å². The zero-order valence-electron chi connectivity index (χ0n) is 23.9. The van der Waals surface area contributed by atoms with Crippen molar-refractivity contribution in [1.29, 1.82) is 0 Å². The number of rotatable bonds is 6. The SMILES string of the molecule is COc1nc2cc(C)c([C@@H](COC(=O)C(C)(C)C)OC(C)(C)C)c(-c3ccc4c5c(ccnc35)CCO4)c2s1. The highest BCUT2D eigenvalue weighted by Crippen LogP contribution is 2.47. The van der Waals surface area contributed by atoms with Gasteiger partial charge >= 0.3 is 5.97 Å². The second-order valence-electron chi connectivity index (χ2n) is 12.0. The van der Waals surface area contributed by atoms with E-state index in [0.29, 0.717) is 11.8 Å². The minimum Gasteiger partial charge on any atom is -0.493 e. The number of aryl methyl sites for hydroxylation is 1. The Morgan fingerprint density at radius 2 is 1.92 bits per heavy atom. The maximum Gasteiger partial charge on any atom is 0.311 e. The molecule has 0 unspecified atom stereocenters. The molecular formula is C31H36N2O5S. The summed E-state index contributed by atoms with van der Waals surface area (Å²) in [5, 5.41) is 1.61. The van der Waals surface area contributed by atoms with Crippen molar-refractivity contribution in [2.24, 2.45) is 5.41 Å². The van der Waals surface area contributed by atoms with Crippen LogP contribution in [0.2, 0.25) is 0 Å². The number of fused-ring (bicyclic) bond motifs is 1. The van der Waals surface area contributed by atoms with Crippen LogP contribution in [-0.2, 0) is 20.7 Å². The summed E-state index contributed by atoms with van der Waals surface area (Å²) in [6, 6.07) is 8.22. The van der Waals surface area contributed by atoms with Crippen molar-refractivity contribution in [2.45, 2.75) is 66.6 Å². The molecule has 2 aromatic carbocycles. The van der Waals surface area contributed by atoms with E-state index in [1.165, 1.54) is 16.9 Å². The Balaban J connectivity index is 1.79. The van der Waals surface area contributed by atoms with E-state index in [0.717, 1.165) is 55.5 Å². The summed E-state index contributed by atoms with van der Waals surface area (Å²) in [7, 11) is 1.63. The van der Waals surface area contributed by atoms with Gasteiger partial charge in [0.1, 0.15) is 18.5 Å². The Morgan fingerprint density at radius 1 is 1.15 bits per heavy atom. The third-order valence-corrected chi connectivity index (χ3v) is 7.77. The van der Waals surface area contributed by atoms with Gasteiger partial charge < -0.3 is 18.9 Å². The molecule has 4 aromatic rings. The molecule has 0 radical (unpaired) electrons. The molecule has 3 heterocycles. The van der Waals surface area contributed by atoms with Gasteiger partial charge in [-0.3, -0.25) is 9.78 Å². The van der Waals surface area contributed by atoms with Gasteiger partial charge in [-0.15, -0.1) is 0 Å². The highest BCUT2D eigenvalue weighted by molar-refractivity contribution is 7.20. The van der Waals surface area contributed by atoms with Gasteiger partial charge in [0.25, 0.3) is 5.19 Å². The third-order valence-electron chi connectivity index (χ3n) is 6.72. The van der Waals surface area contributed by atoms with Crippen LogP contribution in [0.25, 0.3) is 32.2 Å². The van der Waals surface area contributed by atoms with Crippen LogP contribution in [0.15, 0.2) is 30.5 Å². The minimum absolute atomic E-state index is 0.0838. The molecule has 0 amide bonds. The van der Waals surface area contributed by atoms with Gasteiger partial charge in [0.05, 0.1) is 40.5 Å². The number of hydrogen-bond donors (Lipinski definition) is 0. The maximum atomic E-state index is 12.8. The summed E-state index contributed by atoms with van der Waals surface area (Å²) in [6.07, 6.45) is 2.17. The highest BCUT2D eigenvalue weighted by Gasteiger charge is 2.32. The van der Waals surface area contributed by atoms with Gasteiger partial charge in [0, 0.05) is 29.1 Å². The van der Waals surface area contributed by atoms with Crippen LogP contribution >= 0.6 is 11.3 Å². The first kappa shape index (κ1) is 27.3. The standard InChI is InChI=1S/C31H36N2O5S/c1-17-15-20-27(39-29(33-20)35-8)25(19-9-10-21-24-18(12-14-36-21)11-13-32-26(19)24)23(17)22(38-31(5,6)7)16-37-28(34)30(2,3)4/h9-11,13,15,22H,12,14,16H2,1-8H3/t22-/m1/s1. The Hall–Kier alpha value is -3.23. The molecule has 0 saturated heterocycles. The van der Waals surface area contributed by atoms with E-state index in [-0.39, 0.29) is 12.6 Å². The summed E-state index contributed by atoms with van der Waals surface area (Å²) in [4.78, 5) is 22.4. The number of aromatic nitrogens is 2. The fourth-order valence-electron chi connectivity index (χ4n) is 5.03. The lowest BCUT2D eigenvalue weighted by molar-refractivity contribution is -0.162. The number of ether oxygens (including phenoxy) is 4. The van der Waals surface area contributed by atoms with E-state index < -0.39 is 17.1 Å². The van der Waals surface area contributed by atoms with Gasteiger partial charge in [-0.05, 0) is 89.4 Å².